The molecule has 2 heteroatoms. The Bertz CT molecular complexity index is 147. The van der Waals surface area contributed by atoms with Crippen molar-refractivity contribution >= 4 is 0 Å². The first-order valence-electron chi connectivity index (χ1n) is 6.73. The van der Waals surface area contributed by atoms with Crippen LogP contribution < -0.4 is 5.32 Å². The van der Waals surface area contributed by atoms with Gasteiger partial charge in [-0.2, -0.15) is 0 Å². The van der Waals surface area contributed by atoms with Crippen LogP contribution in [0.1, 0.15) is 58.8 Å². The zero-order valence-electron chi connectivity index (χ0n) is 10.4. The summed E-state index contributed by atoms with van der Waals surface area (Å²) in [5, 5.41) is 3.55. The number of ether oxygens (including phenoxy) is 1. The molecule has 1 fully saturated rings. The topological polar surface area (TPSA) is 21.3 Å². The first-order chi connectivity index (χ1) is 7.38. The highest BCUT2D eigenvalue weighted by Crippen LogP contribution is 2.21. The Morgan fingerprint density at radius 2 is 1.93 bits per heavy atom. The van der Waals surface area contributed by atoms with Crippen LogP contribution in [-0.2, 0) is 4.74 Å². The molecule has 1 aliphatic carbocycles. The predicted molar refractivity (Wildman–Crippen MR) is 65.2 cm³/mol. The van der Waals surface area contributed by atoms with E-state index >= 15 is 0 Å². The van der Waals surface area contributed by atoms with Gasteiger partial charge in [-0.05, 0) is 25.8 Å². The molecule has 0 aliphatic heterocycles. The normalized spacial score (nSPS) is 26.8. The molecule has 1 rings (SSSR count). The lowest BCUT2D eigenvalue weighted by Gasteiger charge is -2.32. The lowest BCUT2D eigenvalue weighted by molar-refractivity contribution is 0.00396. The fraction of sp³-hybridized carbons (Fsp3) is 1.00. The van der Waals surface area contributed by atoms with Gasteiger partial charge in [0.2, 0.25) is 0 Å². The molecule has 0 aromatic rings. The summed E-state index contributed by atoms with van der Waals surface area (Å²) in [6.07, 6.45) is 9.56. The monoisotopic (exact) mass is 213 g/mol. The Kier molecular flexibility index (Phi) is 7.03. The van der Waals surface area contributed by atoms with E-state index in [9.17, 15) is 0 Å². The van der Waals surface area contributed by atoms with Crippen molar-refractivity contribution in [3.63, 3.8) is 0 Å². The van der Waals surface area contributed by atoms with E-state index in [-0.39, 0.29) is 0 Å². The first-order valence-corrected chi connectivity index (χ1v) is 6.73. The predicted octanol–water partition coefficient (Wildman–Crippen LogP) is 3.11. The van der Waals surface area contributed by atoms with Crippen molar-refractivity contribution in [2.45, 2.75) is 70.9 Å². The van der Waals surface area contributed by atoms with E-state index in [2.05, 4.69) is 19.2 Å². The Morgan fingerprint density at radius 1 is 1.13 bits per heavy atom. The molecule has 90 valence electrons. The van der Waals surface area contributed by atoms with E-state index in [1.54, 1.807) is 0 Å². The molecule has 15 heavy (non-hydrogen) atoms. The summed E-state index contributed by atoms with van der Waals surface area (Å²) in [7, 11) is 0. The van der Waals surface area contributed by atoms with Crippen molar-refractivity contribution in [3.05, 3.63) is 0 Å². The van der Waals surface area contributed by atoms with Crippen LogP contribution in [0.3, 0.4) is 0 Å². The minimum Gasteiger partial charge on any atom is -0.377 e. The Morgan fingerprint density at radius 3 is 2.67 bits per heavy atom. The molecule has 0 aromatic carbocycles. The number of likely N-dealkylation sites (N-methyl/N-ethyl adjacent to an activating group) is 1. The van der Waals surface area contributed by atoms with Crippen LogP contribution in [0.25, 0.3) is 0 Å². The van der Waals surface area contributed by atoms with Gasteiger partial charge in [0.1, 0.15) is 0 Å². The summed E-state index contributed by atoms with van der Waals surface area (Å²) in [4.78, 5) is 0. The summed E-state index contributed by atoms with van der Waals surface area (Å²) in [5.41, 5.74) is 0. The van der Waals surface area contributed by atoms with Crippen LogP contribution in [-0.4, -0.2) is 25.3 Å². The van der Waals surface area contributed by atoms with Crippen molar-refractivity contribution in [3.8, 4) is 0 Å². The third-order valence-electron chi connectivity index (χ3n) is 3.25. The third kappa shape index (κ3) is 4.98. The summed E-state index contributed by atoms with van der Waals surface area (Å²) in [5.74, 6) is 0. The summed E-state index contributed by atoms with van der Waals surface area (Å²) < 4.78 is 5.99. The van der Waals surface area contributed by atoms with E-state index < -0.39 is 0 Å². The molecule has 0 spiro atoms. The molecule has 1 aliphatic rings. The first kappa shape index (κ1) is 13.0. The number of unbranched alkanes of at least 4 members (excludes halogenated alkanes) is 2. The van der Waals surface area contributed by atoms with E-state index in [1.807, 2.05) is 0 Å². The maximum absolute atomic E-state index is 5.99. The maximum atomic E-state index is 5.99. The van der Waals surface area contributed by atoms with Crippen LogP contribution in [0.15, 0.2) is 0 Å². The lowest BCUT2D eigenvalue weighted by Crippen LogP contribution is -2.43. The molecular weight excluding hydrogens is 186 g/mol. The molecule has 0 aromatic heterocycles. The molecule has 0 radical (unpaired) electrons. The number of hydrogen-bond donors (Lipinski definition) is 1. The molecule has 0 amide bonds. The number of hydrogen-bond acceptors (Lipinski definition) is 2. The molecule has 1 saturated carbocycles. The molecule has 2 unspecified atom stereocenters. The van der Waals surface area contributed by atoms with Crippen LogP contribution in [0.2, 0.25) is 0 Å². The van der Waals surface area contributed by atoms with Gasteiger partial charge < -0.3 is 10.1 Å². The molecular formula is C13H27NO. The standard InChI is InChI=1S/C13H27NO/c1-3-5-8-11-15-13-10-7-6-9-12(13)14-4-2/h12-14H,3-11H2,1-2H3. The third-order valence-corrected chi connectivity index (χ3v) is 3.25. The van der Waals surface area contributed by atoms with Gasteiger partial charge in [-0.1, -0.05) is 39.5 Å². The molecule has 2 nitrogen and oxygen atoms in total. The molecule has 0 bridgehead atoms. The van der Waals surface area contributed by atoms with E-state index in [0.29, 0.717) is 12.1 Å². The second kappa shape index (κ2) is 8.12. The van der Waals surface area contributed by atoms with Gasteiger partial charge in [0.05, 0.1) is 6.10 Å². The summed E-state index contributed by atoms with van der Waals surface area (Å²) >= 11 is 0. The Labute approximate surface area is 94.8 Å². The minimum atomic E-state index is 0.482. The van der Waals surface area contributed by atoms with Crippen LogP contribution in [0.4, 0.5) is 0 Å². The second-order valence-corrected chi connectivity index (χ2v) is 4.56. The van der Waals surface area contributed by atoms with Crippen LogP contribution in [0, 0.1) is 0 Å². The van der Waals surface area contributed by atoms with Gasteiger partial charge >= 0.3 is 0 Å². The van der Waals surface area contributed by atoms with Crippen molar-refractivity contribution in [2.24, 2.45) is 0 Å². The van der Waals surface area contributed by atoms with E-state index in [4.69, 9.17) is 4.74 Å². The van der Waals surface area contributed by atoms with Crippen molar-refractivity contribution in [1.82, 2.24) is 5.32 Å². The van der Waals surface area contributed by atoms with Crippen LogP contribution in [0.5, 0.6) is 0 Å². The van der Waals surface area contributed by atoms with Crippen LogP contribution >= 0.6 is 0 Å². The van der Waals surface area contributed by atoms with Crippen molar-refractivity contribution < 1.29 is 4.74 Å². The smallest absolute Gasteiger partial charge is 0.0728 e. The van der Waals surface area contributed by atoms with Gasteiger partial charge in [-0.15, -0.1) is 0 Å². The molecule has 0 saturated heterocycles. The highest BCUT2D eigenvalue weighted by atomic mass is 16.5. The van der Waals surface area contributed by atoms with Gasteiger partial charge in [-0.25, -0.2) is 0 Å². The van der Waals surface area contributed by atoms with Gasteiger partial charge in [-0.3, -0.25) is 0 Å². The molecule has 1 N–H and O–H groups in total. The highest BCUT2D eigenvalue weighted by Gasteiger charge is 2.24. The average Bonchev–Trinajstić information content (AvgIpc) is 2.27. The summed E-state index contributed by atoms with van der Waals surface area (Å²) in [6.45, 7) is 6.45. The quantitative estimate of drug-likeness (QED) is 0.656. The summed E-state index contributed by atoms with van der Waals surface area (Å²) in [6, 6.07) is 0.616. The van der Waals surface area contributed by atoms with Crippen molar-refractivity contribution in [1.29, 1.82) is 0 Å². The Hall–Kier alpha value is -0.0800. The average molecular weight is 213 g/mol. The zero-order valence-corrected chi connectivity index (χ0v) is 10.4. The Balaban J connectivity index is 2.17. The van der Waals surface area contributed by atoms with E-state index in [0.717, 1.165) is 13.2 Å². The highest BCUT2D eigenvalue weighted by molar-refractivity contribution is 4.81. The maximum Gasteiger partial charge on any atom is 0.0728 e. The van der Waals surface area contributed by atoms with E-state index in [1.165, 1.54) is 44.9 Å². The van der Waals surface area contributed by atoms with Gasteiger partial charge in [0.25, 0.3) is 0 Å². The SMILES string of the molecule is CCCCCOC1CCCCC1NCC. The number of rotatable bonds is 7. The fourth-order valence-corrected chi connectivity index (χ4v) is 2.38. The largest absolute Gasteiger partial charge is 0.377 e. The molecule has 2 atom stereocenters. The second-order valence-electron chi connectivity index (χ2n) is 4.56. The minimum absolute atomic E-state index is 0.482. The lowest BCUT2D eigenvalue weighted by atomic mass is 9.92. The molecule has 0 heterocycles. The zero-order chi connectivity index (χ0) is 10.9. The fourth-order valence-electron chi connectivity index (χ4n) is 2.38. The van der Waals surface area contributed by atoms with Crippen molar-refractivity contribution in [2.75, 3.05) is 13.2 Å². The van der Waals surface area contributed by atoms with Gasteiger partial charge in [0.15, 0.2) is 0 Å². The van der Waals surface area contributed by atoms with Gasteiger partial charge in [0, 0.05) is 12.6 Å². The number of nitrogens with one attached hydrogen (secondary N) is 1.